The van der Waals surface area contributed by atoms with E-state index in [1.165, 1.54) is 22.9 Å². The Kier molecular flexibility index (Phi) is 6.23. The van der Waals surface area contributed by atoms with Gasteiger partial charge in [0.1, 0.15) is 5.75 Å². The van der Waals surface area contributed by atoms with Crippen molar-refractivity contribution in [3.63, 3.8) is 0 Å². The number of hydrogen-bond acceptors (Lipinski definition) is 4. The number of benzene rings is 2. The minimum absolute atomic E-state index is 0.246. The van der Waals surface area contributed by atoms with Gasteiger partial charge in [0, 0.05) is 11.3 Å². The molecule has 0 saturated carbocycles. The van der Waals surface area contributed by atoms with Crippen molar-refractivity contribution in [3.8, 4) is 5.75 Å². The van der Waals surface area contributed by atoms with Crippen molar-refractivity contribution >= 4 is 23.6 Å². The maximum atomic E-state index is 12.0. The van der Waals surface area contributed by atoms with Crippen molar-refractivity contribution in [3.05, 3.63) is 65.2 Å². The fourth-order valence-electron chi connectivity index (χ4n) is 2.00. The summed E-state index contributed by atoms with van der Waals surface area (Å²) in [5.41, 5.74) is 2.84. The number of amides is 2. The Hall–Kier alpha value is -2.27. The zero-order chi connectivity index (χ0) is 16.7. The number of carbonyl (C=O) groups excluding carboxylic acids is 2. The number of nitrogens with one attached hydrogen (secondary N) is 1. The van der Waals surface area contributed by atoms with Gasteiger partial charge in [0.25, 0.3) is 5.91 Å². The van der Waals surface area contributed by atoms with Gasteiger partial charge in [-0.25, -0.2) is 0 Å². The quantitative estimate of drug-likeness (QED) is 0.884. The fraction of sp³-hybridized carbons (Fsp3) is 0.222. The van der Waals surface area contributed by atoms with E-state index >= 15 is 0 Å². The van der Waals surface area contributed by atoms with Crippen molar-refractivity contribution < 1.29 is 14.3 Å². The van der Waals surface area contributed by atoms with Gasteiger partial charge in [0.05, 0.1) is 12.9 Å². The fourth-order valence-corrected chi connectivity index (χ4v) is 2.91. The molecule has 0 aliphatic rings. The summed E-state index contributed by atoms with van der Waals surface area (Å²) in [4.78, 5) is 23.8. The molecule has 5 heteroatoms. The van der Waals surface area contributed by atoms with E-state index < -0.39 is 5.91 Å². The summed E-state index contributed by atoms with van der Waals surface area (Å²) in [6.07, 6.45) is 0. The smallest absolute Gasteiger partial charge is 0.257 e. The molecule has 0 aromatic heterocycles. The molecule has 23 heavy (non-hydrogen) atoms. The number of methoxy groups -OCH3 is 1. The Labute approximate surface area is 140 Å². The number of thioether (sulfide) groups is 1. The van der Waals surface area contributed by atoms with Crippen molar-refractivity contribution in [1.29, 1.82) is 0 Å². The third-order valence-electron chi connectivity index (χ3n) is 3.36. The van der Waals surface area contributed by atoms with E-state index in [9.17, 15) is 9.59 Å². The Bertz CT molecular complexity index is 683. The molecule has 0 aliphatic heterocycles. The molecule has 0 aliphatic carbocycles. The highest BCUT2D eigenvalue weighted by Crippen LogP contribution is 2.15. The highest BCUT2D eigenvalue weighted by Gasteiger charge is 2.10. The summed E-state index contributed by atoms with van der Waals surface area (Å²) in [5, 5.41) is 2.40. The van der Waals surface area contributed by atoms with Crippen LogP contribution in [0.4, 0.5) is 0 Å². The van der Waals surface area contributed by atoms with Gasteiger partial charge in [0.15, 0.2) is 0 Å². The Morgan fingerprint density at radius 2 is 1.78 bits per heavy atom. The molecule has 0 fully saturated rings. The topological polar surface area (TPSA) is 55.4 Å². The van der Waals surface area contributed by atoms with Crippen LogP contribution in [0.3, 0.4) is 0 Å². The maximum Gasteiger partial charge on any atom is 0.257 e. The lowest BCUT2D eigenvalue weighted by Gasteiger charge is -2.06. The molecule has 2 aromatic carbocycles. The van der Waals surface area contributed by atoms with E-state index in [-0.39, 0.29) is 11.7 Å². The van der Waals surface area contributed by atoms with E-state index in [1.807, 2.05) is 31.2 Å². The molecule has 120 valence electrons. The molecule has 0 unspecified atom stereocenters. The van der Waals surface area contributed by atoms with Crippen LogP contribution in [0.25, 0.3) is 0 Å². The van der Waals surface area contributed by atoms with Gasteiger partial charge < -0.3 is 4.74 Å². The summed E-state index contributed by atoms with van der Waals surface area (Å²) in [6.45, 7) is 2.04. The zero-order valence-electron chi connectivity index (χ0n) is 13.2. The van der Waals surface area contributed by atoms with Gasteiger partial charge in [0.2, 0.25) is 5.91 Å². The predicted molar refractivity (Wildman–Crippen MR) is 92.8 cm³/mol. The van der Waals surface area contributed by atoms with Gasteiger partial charge in [-0.15, -0.1) is 11.8 Å². The largest absolute Gasteiger partial charge is 0.497 e. The second-order valence-electron chi connectivity index (χ2n) is 5.03. The molecular weight excluding hydrogens is 310 g/mol. The summed E-state index contributed by atoms with van der Waals surface area (Å²) in [6, 6.07) is 14.7. The third kappa shape index (κ3) is 5.14. The molecule has 0 bridgehead atoms. The molecule has 1 N–H and O–H groups in total. The Morgan fingerprint density at radius 3 is 2.43 bits per heavy atom. The lowest BCUT2D eigenvalue weighted by molar-refractivity contribution is -0.117. The maximum absolute atomic E-state index is 12.0. The van der Waals surface area contributed by atoms with Crippen LogP contribution in [0.2, 0.25) is 0 Å². The molecule has 0 spiro atoms. The van der Waals surface area contributed by atoms with Crippen molar-refractivity contribution in [2.75, 3.05) is 12.9 Å². The van der Waals surface area contributed by atoms with E-state index in [4.69, 9.17) is 4.74 Å². The molecule has 2 amide bonds. The molecule has 0 saturated heterocycles. The lowest BCUT2D eigenvalue weighted by atomic mass is 10.1. The van der Waals surface area contributed by atoms with Crippen LogP contribution in [-0.4, -0.2) is 24.7 Å². The average molecular weight is 329 g/mol. The van der Waals surface area contributed by atoms with E-state index in [1.54, 1.807) is 31.4 Å². The molecule has 4 nitrogen and oxygen atoms in total. The average Bonchev–Trinajstić information content (AvgIpc) is 2.56. The van der Waals surface area contributed by atoms with Gasteiger partial charge in [-0.05, 0) is 42.3 Å². The minimum Gasteiger partial charge on any atom is -0.497 e. The van der Waals surface area contributed by atoms with Gasteiger partial charge in [-0.2, -0.15) is 0 Å². The van der Waals surface area contributed by atoms with Crippen LogP contribution in [0, 0.1) is 6.92 Å². The molecule has 0 heterocycles. The summed E-state index contributed by atoms with van der Waals surface area (Å²) in [5.74, 6) is 0.979. The molecular formula is C18H19NO3S. The first-order valence-electron chi connectivity index (χ1n) is 7.20. The minimum atomic E-state index is -0.394. The Balaban J connectivity index is 1.80. The van der Waals surface area contributed by atoms with Gasteiger partial charge in [-0.1, -0.05) is 24.3 Å². The molecule has 0 atom stereocenters. The second kappa shape index (κ2) is 8.39. The van der Waals surface area contributed by atoms with E-state index in [0.717, 1.165) is 5.75 Å². The number of carbonyl (C=O) groups is 2. The summed E-state index contributed by atoms with van der Waals surface area (Å²) in [7, 11) is 1.56. The first-order valence-corrected chi connectivity index (χ1v) is 8.36. The number of ether oxygens (including phenoxy) is 1. The van der Waals surface area contributed by atoms with Gasteiger partial charge in [-0.3, -0.25) is 14.9 Å². The molecule has 2 aromatic rings. The summed E-state index contributed by atoms with van der Waals surface area (Å²) >= 11 is 1.49. The van der Waals surface area contributed by atoms with Crippen LogP contribution >= 0.6 is 11.8 Å². The Morgan fingerprint density at radius 1 is 1.09 bits per heavy atom. The number of rotatable bonds is 6. The lowest BCUT2D eigenvalue weighted by Crippen LogP contribution is -2.31. The molecule has 0 radical (unpaired) electrons. The van der Waals surface area contributed by atoms with E-state index in [0.29, 0.717) is 11.3 Å². The second-order valence-corrected chi connectivity index (χ2v) is 6.01. The first-order chi connectivity index (χ1) is 11.1. The van der Waals surface area contributed by atoms with Crippen LogP contribution in [0.1, 0.15) is 21.5 Å². The SMILES string of the molecule is COc1ccc(C(=O)NC(=O)CSCc2ccccc2C)cc1. The zero-order valence-corrected chi connectivity index (χ0v) is 14.0. The number of imide groups is 1. The third-order valence-corrected chi connectivity index (χ3v) is 4.34. The first kappa shape index (κ1) is 17.1. The van der Waals surface area contributed by atoms with Crippen molar-refractivity contribution in [2.24, 2.45) is 0 Å². The van der Waals surface area contributed by atoms with Crippen molar-refractivity contribution in [2.45, 2.75) is 12.7 Å². The number of aryl methyl sites for hydroxylation is 1. The standard InChI is InChI=1S/C18H19NO3S/c1-13-5-3-4-6-15(13)11-23-12-17(20)19-18(21)14-7-9-16(22-2)10-8-14/h3-10H,11-12H2,1-2H3,(H,19,20,21). The predicted octanol–water partition coefficient (Wildman–Crippen LogP) is 3.19. The normalized spacial score (nSPS) is 10.2. The monoisotopic (exact) mass is 329 g/mol. The van der Waals surface area contributed by atoms with E-state index in [2.05, 4.69) is 5.32 Å². The van der Waals surface area contributed by atoms with Crippen LogP contribution < -0.4 is 10.1 Å². The van der Waals surface area contributed by atoms with Crippen LogP contribution in [0.15, 0.2) is 48.5 Å². The highest BCUT2D eigenvalue weighted by atomic mass is 32.2. The molecule has 2 rings (SSSR count). The van der Waals surface area contributed by atoms with Crippen LogP contribution in [-0.2, 0) is 10.5 Å². The number of hydrogen-bond donors (Lipinski definition) is 1. The highest BCUT2D eigenvalue weighted by molar-refractivity contribution is 7.99. The van der Waals surface area contributed by atoms with Crippen molar-refractivity contribution in [1.82, 2.24) is 5.32 Å². The summed E-state index contributed by atoms with van der Waals surface area (Å²) < 4.78 is 5.03. The van der Waals surface area contributed by atoms with Gasteiger partial charge >= 0.3 is 0 Å². The van der Waals surface area contributed by atoms with Crippen LogP contribution in [0.5, 0.6) is 5.75 Å².